The summed E-state index contributed by atoms with van der Waals surface area (Å²) in [5.74, 6) is 0. The molecule has 2 aromatic rings. The number of aromatic nitrogens is 1. The minimum absolute atomic E-state index is 0.803. The van der Waals surface area contributed by atoms with Crippen molar-refractivity contribution >= 4 is 0 Å². The summed E-state index contributed by atoms with van der Waals surface area (Å²) in [4.78, 5) is 6.72. The van der Waals surface area contributed by atoms with Crippen LogP contribution in [-0.4, -0.2) is 22.5 Å². The first-order chi connectivity index (χ1) is 9.81. The van der Waals surface area contributed by atoms with Crippen LogP contribution in [0.25, 0.3) is 0 Å². The van der Waals surface area contributed by atoms with Gasteiger partial charge in [-0.1, -0.05) is 29.8 Å². The number of pyridine rings is 1. The van der Waals surface area contributed by atoms with E-state index in [2.05, 4.69) is 53.2 Å². The van der Waals surface area contributed by atoms with Crippen molar-refractivity contribution in [1.29, 1.82) is 0 Å². The van der Waals surface area contributed by atoms with E-state index in [-0.39, 0.29) is 0 Å². The lowest BCUT2D eigenvalue weighted by molar-refractivity contribution is 0.258. The number of benzene rings is 1. The number of nitrogens with zero attached hydrogens (tertiary/aromatic N) is 2. The van der Waals surface area contributed by atoms with Gasteiger partial charge in [-0.2, -0.15) is 0 Å². The van der Waals surface area contributed by atoms with Gasteiger partial charge in [-0.25, -0.2) is 0 Å². The molecule has 1 saturated carbocycles. The lowest BCUT2D eigenvalue weighted by Gasteiger charge is -2.22. The van der Waals surface area contributed by atoms with Gasteiger partial charge in [-0.05, 0) is 49.4 Å². The molecule has 0 amide bonds. The van der Waals surface area contributed by atoms with Gasteiger partial charge in [0, 0.05) is 31.5 Å². The normalized spacial score (nSPS) is 14.7. The highest BCUT2D eigenvalue weighted by Gasteiger charge is 2.28. The molecule has 1 heterocycles. The van der Waals surface area contributed by atoms with Crippen LogP contribution in [0.1, 0.15) is 29.5 Å². The molecule has 0 atom stereocenters. The highest BCUT2D eigenvalue weighted by atomic mass is 15.2. The molecule has 2 heteroatoms. The Balaban J connectivity index is 1.61. The average Bonchev–Trinajstić information content (AvgIpc) is 3.29. The second-order valence-electron chi connectivity index (χ2n) is 5.80. The number of hydrogen-bond donors (Lipinski definition) is 0. The van der Waals surface area contributed by atoms with Crippen LogP contribution in [0, 0.1) is 6.92 Å². The van der Waals surface area contributed by atoms with Crippen LogP contribution in [-0.2, 0) is 13.0 Å². The zero-order chi connectivity index (χ0) is 13.8. The van der Waals surface area contributed by atoms with Crippen LogP contribution in [0.3, 0.4) is 0 Å². The van der Waals surface area contributed by atoms with Crippen LogP contribution >= 0.6 is 0 Å². The van der Waals surface area contributed by atoms with Crippen LogP contribution < -0.4 is 0 Å². The molecule has 1 aliphatic rings. The molecular weight excluding hydrogens is 244 g/mol. The fraction of sp³-hybridized carbons (Fsp3) is 0.389. The SMILES string of the molecule is Cc1cccc(CN(CCc2ccncc2)C2CC2)c1. The summed E-state index contributed by atoms with van der Waals surface area (Å²) in [5.41, 5.74) is 4.17. The van der Waals surface area contributed by atoms with Gasteiger partial charge in [0.1, 0.15) is 0 Å². The minimum Gasteiger partial charge on any atom is -0.296 e. The summed E-state index contributed by atoms with van der Waals surface area (Å²) in [5, 5.41) is 0. The van der Waals surface area contributed by atoms with E-state index < -0.39 is 0 Å². The first-order valence-electron chi connectivity index (χ1n) is 7.50. The van der Waals surface area contributed by atoms with Gasteiger partial charge >= 0.3 is 0 Å². The smallest absolute Gasteiger partial charge is 0.0270 e. The maximum atomic E-state index is 4.08. The third kappa shape index (κ3) is 3.67. The van der Waals surface area contributed by atoms with E-state index in [4.69, 9.17) is 0 Å². The summed E-state index contributed by atoms with van der Waals surface area (Å²) < 4.78 is 0. The molecule has 0 saturated heterocycles. The molecule has 0 aliphatic heterocycles. The minimum atomic E-state index is 0.803. The van der Waals surface area contributed by atoms with E-state index in [1.54, 1.807) is 0 Å². The number of aryl methyl sites for hydroxylation is 1. The standard InChI is InChI=1S/C18H22N2/c1-15-3-2-4-17(13-15)14-20(18-5-6-18)12-9-16-7-10-19-11-8-16/h2-4,7-8,10-11,13,18H,5-6,9,12,14H2,1H3. The molecule has 104 valence electrons. The van der Waals surface area contributed by atoms with Crippen molar-refractivity contribution in [2.75, 3.05) is 6.54 Å². The quantitative estimate of drug-likeness (QED) is 0.794. The monoisotopic (exact) mass is 266 g/mol. The fourth-order valence-corrected chi connectivity index (χ4v) is 2.70. The van der Waals surface area contributed by atoms with Crippen molar-refractivity contribution in [3.05, 3.63) is 65.5 Å². The molecule has 0 bridgehead atoms. The average molecular weight is 266 g/mol. The molecule has 1 aromatic heterocycles. The van der Waals surface area contributed by atoms with Gasteiger partial charge in [-0.15, -0.1) is 0 Å². The largest absolute Gasteiger partial charge is 0.296 e. The maximum Gasteiger partial charge on any atom is 0.0270 e. The van der Waals surface area contributed by atoms with Crippen LogP contribution in [0.4, 0.5) is 0 Å². The molecule has 0 spiro atoms. The topological polar surface area (TPSA) is 16.1 Å². The Kier molecular flexibility index (Phi) is 4.12. The first kappa shape index (κ1) is 13.3. The van der Waals surface area contributed by atoms with Crippen molar-refractivity contribution < 1.29 is 0 Å². The van der Waals surface area contributed by atoms with E-state index in [1.165, 1.54) is 29.5 Å². The van der Waals surface area contributed by atoms with Gasteiger partial charge in [0.2, 0.25) is 0 Å². The maximum absolute atomic E-state index is 4.08. The van der Waals surface area contributed by atoms with Crippen molar-refractivity contribution in [3.63, 3.8) is 0 Å². The lowest BCUT2D eigenvalue weighted by Crippen LogP contribution is -2.28. The van der Waals surface area contributed by atoms with Gasteiger partial charge in [-0.3, -0.25) is 9.88 Å². The van der Waals surface area contributed by atoms with E-state index in [9.17, 15) is 0 Å². The summed E-state index contributed by atoms with van der Waals surface area (Å²) in [6.45, 7) is 4.39. The third-order valence-corrected chi connectivity index (χ3v) is 3.97. The van der Waals surface area contributed by atoms with Crippen molar-refractivity contribution in [1.82, 2.24) is 9.88 Å². The Labute approximate surface area is 121 Å². The van der Waals surface area contributed by atoms with Crippen molar-refractivity contribution in [2.45, 2.75) is 38.8 Å². The van der Waals surface area contributed by atoms with Crippen molar-refractivity contribution in [3.8, 4) is 0 Å². The number of hydrogen-bond acceptors (Lipinski definition) is 2. The van der Waals surface area contributed by atoms with Gasteiger partial charge in [0.15, 0.2) is 0 Å². The van der Waals surface area contributed by atoms with Crippen molar-refractivity contribution in [2.24, 2.45) is 0 Å². The van der Waals surface area contributed by atoms with Gasteiger partial charge in [0.25, 0.3) is 0 Å². The summed E-state index contributed by atoms with van der Waals surface area (Å²) in [6, 6.07) is 13.9. The second kappa shape index (κ2) is 6.19. The molecule has 0 unspecified atom stereocenters. The van der Waals surface area contributed by atoms with E-state index in [0.717, 1.165) is 25.6 Å². The van der Waals surface area contributed by atoms with E-state index in [1.807, 2.05) is 12.4 Å². The zero-order valence-corrected chi connectivity index (χ0v) is 12.1. The highest BCUT2D eigenvalue weighted by Crippen LogP contribution is 2.28. The molecule has 0 N–H and O–H groups in total. The molecule has 3 rings (SSSR count). The van der Waals surface area contributed by atoms with E-state index in [0.29, 0.717) is 0 Å². The van der Waals surface area contributed by atoms with Gasteiger partial charge < -0.3 is 0 Å². The van der Waals surface area contributed by atoms with Crippen LogP contribution in [0.5, 0.6) is 0 Å². The first-order valence-corrected chi connectivity index (χ1v) is 7.50. The van der Waals surface area contributed by atoms with E-state index >= 15 is 0 Å². The summed E-state index contributed by atoms with van der Waals surface area (Å²) in [7, 11) is 0. The Hall–Kier alpha value is -1.67. The number of rotatable bonds is 6. The summed E-state index contributed by atoms with van der Waals surface area (Å²) in [6.07, 6.45) is 7.61. The molecule has 0 radical (unpaired) electrons. The summed E-state index contributed by atoms with van der Waals surface area (Å²) >= 11 is 0. The molecular formula is C18H22N2. The zero-order valence-electron chi connectivity index (χ0n) is 12.1. The highest BCUT2D eigenvalue weighted by molar-refractivity contribution is 5.22. The Bertz CT molecular complexity index is 546. The lowest BCUT2D eigenvalue weighted by atomic mass is 10.1. The Morgan fingerprint density at radius 1 is 1.10 bits per heavy atom. The third-order valence-electron chi connectivity index (χ3n) is 3.97. The molecule has 20 heavy (non-hydrogen) atoms. The molecule has 1 fully saturated rings. The Morgan fingerprint density at radius 2 is 1.90 bits per heavy atom. The Morgan fingerprint density at radius 3 is 2.60 bits per heavy atom. The predicted molar refractivity (Wildman–Crippen MR) is 82.6 cm³/mol. The van der Waals surface area contributed by atoms with Crippen LogP contribution in [0.2, 0.25) is 0 Å². The molecule has 2 nitrogen and oxygen atoms in total. The fourth-order valence-electron chi connectivity index (χ4n) is 2.70. The van der Waals surface area contributed by atoms with Crippen LogP contribution in [0.15, 0.2) is 48.8 Å². The predicted octanol–water partition coefficient (Wildman–Crippen LogP) is 3.60. The second-order valence-corrected chi connectivity index (χ2v) is 5.80. The molecule has 1 aromatic carbocycles. The molecule has 1 aliphatic carbocycles. The van der Waals surface area contributed by atoms with Gasteiger partial charge in [0.05, 0.1) is 0 Å².